The molecule has 3 heteroatoms. The Labute approximate surface area is 124 Å². The topological polar surface area (TPSA) is 34.0 Å². The summed E-state index contributed by atoms with van der Waals surface area (Å²) in [6.07, 6.45) is 4.58. The molecule has 21 heavy (non-hydrogen) atoms. The molecular weight excluding hydrogens is 260 g/mol. The van der Waals surface area contributed by atoms with Crippen LogP contribution in [0.15, 0.2) is 30.3 Å². The average molecular weight is 278 g/mol. The largest absolute Gasteiger partial charge is 0.346 e. The predicted octanol–water partition coefficient (Wildman–Crippen LogP) is 3.93. The number of para-hydroxylation sites is 1. The second kappa shape index (κ2) is 4.35. The highest BCUT2D eigenvalue weighted by Crippen LogP contribution is 2.39. The summed E-state index contributed by atoms with van der Waals surface area (Å²) < 4.78 is 2.41. The summed E-state index contributed by atoms with van der Waals surface area (Å²) in [4.78, 5) is 12.2. The standard InChI is InChI=1S/C18H18N2O/c1-11-9-13(12(2)20(11)14-7-8-14)10-16-15-5-3-4-6-17(15)19-18(16)21/h3-6,9-10,14H,7-8H2,1-2H3,(H,19,21)/b16-10+. The number of hydrogen-bond donors (Lipinski definition) is 1. The van der Waals surface area contributed by atoms with Crippen molar-refractivity contribution in [1.29, 1.82) is 0 Å². The lowest BCUT2D eigenvalue weighted by Crippen LogP contribution is -2.03. The minimum Gasteiger partial charge on any atom is -0.346 e. The fourth-order valence-electron chi connectivity index (χ4n) is 3.28. The zero-order chi connectivity index (χ0) is 14.6. The van der Waals surface area contributed by atoms with Crippen LogP contribution in [-0.2, 0) is 4.79 Å². The second-order valence-electron chi connectivity index (χ2n) is 5.99. The summed E-state index contributed by atoms with van der Waals surface area (Å²) in [5, 5.41) is 2.93. The van der Waals surface area contributed by atoms with E-state index in [0.29, 0.717) is 6.04 Å². The van der Waals surface area contributed by atoms with Gasteiger partial charge < -0.3 is 9.88 Å². The third-order valence-electron chi connectivity index (χ3n) is 4.45. The van der Waals surface area contributed by atoms with Gasteiger partial charge in [0.25, 0.3) is 5.91 Å². The highest BCUT2D eigenvalue weighted by atomic mass is 16.2. The van der Waals surface area contributed by atoms with Crippen LogP contribution in [0.4, 0.5) is 5.69 Å². The van der Waals surface area contributed by atoms with Gasteiger partial charge in [0, 0.05) is 34.3 Å². The Bertz CT molecular complexity index is 779. The number of fused-ring (bicyclic) bond motifs is 1. The number of amides is 1. The Morgan fingerprint density at radius 1 is 1.24 bits per heavy atom. The molecule has 1 aromatic heterocycles. The van der Waals surface area contributed by atoms with Gasteiger partial charge in [-0.3, -0.25) is 4.79 Å². The van der Waals surface area contributed by atoms with Crippen LogP contribution >= 0.6 is 0 Å². The SMILES string of the molecule is Cc1cc(/C=C2/C(=O)Nc3ccccc32)c(C)n1C1CC1. The van der Waals surface area contributed by atoms with E-state index in [4.69, 9.17) is 0 Å². The van der Waals surface area contributed by atoms with Gasteiger partial charge in [-0.1, -0.05) is 18.2 Å². The molecule has 2 aromatic rings. The quantitative estimate of drug-likeness (QED) is 0.830. The molecule has 3 nitrogen and oxygen atoms in total. The minimum atomic E-state index is -0.00701. The molecule has 0 bridgehead atoms. The molecule has 4 rings (SSSR count). The van der Waals surface area contributed by atoms with E-state index < -0.39 is 0 Å². The van der Waals surface area contributed by atoms with E-state index >= 15 is 0 Å². The van der Waals surface area contributed by atoms with Crippen molar-refractivity contribution < 1.29 is 4.79 Å². The minimum absolute atomic E-state index is 0.00701. The van der Waals surface area contributed by atoms with Crippen molar-refractivity contribution in [3.05, 3.63) is 52.8 Å². The maximum absolute atomic E-state index is 12.2. The third-order valence-corrected chi connectivity index (χ3v) is 4.45. The number of benzene rings is 1. The molecule has 0 unspecified atom stereocenters. The van der Waals surface area contributed by atoms with Gasteiger partial charge in [0.15, 0.2) is 0 Å². The first-order valence-electron chi connectivity index (χ1n) is 7.46. The van der Waals surface area contributed by atoms with Gasteiger partial charge in [-0.15, -0.1) is 0 Å². The van der Waals surface area contributed by atoms with Crippen LogP contribution in [0, 0.1) is 13.8 Å². The number of nitrogens with zero attached hydrogens (tertiary/aromatic N) is 1. The molecule has 0 saturated heterocycles. The lowest BCUT2D eigenvalue weighted by Gasteiger charge is -2.06. The molecule has 1 aromatic carbocycles. The molecule has 2 heterocycles. The normalized spacial score (nSPS) is 19.0. The Hall–Kier alpha value is -2.29. The number of aryl methyl sites for hydroxylation is 1. The van der Waals surface area contributed by atoms with Crippen molar-refractivity contribution in [3.63, 3.8) is 0 Å². The van der Waals surface area contributed by atoms with Crippen LogP contribution in [0.3, 0.4) is 0 Å². The lowest BCUT2D eigenvalue weighted by molar-refractivity contribution is -0.110. The first-order chi connectivity index (χ1) is 10.1. The van der Waals surface area contributed by atoms with Gasteiger partial charge >= 0.3 is 0 Å². The molecular formula is C18H18N2O. The van der Waals surface area contributed by atoms with Crippen LogP contribution in [0.25, 0.3) is 11.6 Å². The molecule has 1 amide bonds. The highest BCUT2D eigenvalue weighted by Gasteiger charge is 2.28. The zero-order valence-electron chi connectivity index (χ0n) is 12.3. The second-order valence-corrected chi connectivity index (χ2v) is 5.99. The van der Waals surface area contributed by atoms with E-state index in [1.165, 1.54) is 24.2 Å². The van der Waals surface area contributed by atoms with Gasteiger partial charge in [0.05, 0.1) is 0 Å². The molecule has 106 valence electrons. The number of rotatable bonds is 2. The molecule has 1 N–H and O–H groups in total. The van der Waals surface area contributed by atoms with E-state index in [2.05, 4.69) is 29.8 Å². The first kappa shape index (κ1) is 12.5. The van der Waals surface area contributed by atoms with Crippen LogP contribution < -0.4 is 5.32 Å². The Morgan fingerprint density at radius 2 is 2.00 bits per heavy atom. The van der Waals surface area contributed by atoms with Crippen molar-refractivity contribution in [2.45, 2.75) is 32.7 Å². The van der Waals surface area contributed by atoms with Crippen molar-refractivity contribution in [2.75, 3.05) is 5.32 Å². The smallest absolute Gasteiger partial charge is 0.256 e. The molecule has 1 aliphatic heterocycles. The maximum atomic E-state index is 12.2. The number of carbonyl (C=O) groups excluding carboxylic acids is 1. The number of anilines is 1. The molecule has 0 spiro atoms. The van der Waals surface area contributed by atoms with Gasteiger partial charge in [-0.05, 0) is 50.5 Å². The predicted molar refractivity (Wildman–Crippen MR) is 85.1 cm³/mol. The number of aromatic nitrogens is 1. The van der Waals surface area contributed by atoms with Gasteiger partial charge in [-0.2, -0.15) is 0 Å². The fraction of sp³-hybridized carbons (Fsp3) is 0.278. The van der Waals surface area contributed by atoms with Crippen molar-refractivity contribution >= 4 is 23.2 Å². The molecule has 0 radical (unpaired) electrons. The Morgan fingerprint density at radius 3 is 2.76 bits per heavy atom. The fourth-order valence-corrected chi connectivity index (χ4v) is 3.28. The Kier molecular flexibility index (Phi) is 2.58. The lowest BCUT2D eigenvalue weighted by atomic mass is 10.0. The summed E-state index contributed by atoms with van der Waals surface area (Å²) in [6.45, 7) is 4.30. The Balaban J connectivity index is 1.82. The molecule has 0 atom stereocenters. The van der Waals surface area contributed by atoms with Crippen LogP contribution in [0.5, 0.6) is 0 Å². The van der Waals surface area contributed by atoms with E-state index in [-0.39, 0.29) is 5.91 Å². The van der Waals surface area contributed by atoms with Crippen LogP contribution in [0.1, 0.15) is 41.4 Å². The summed E-state index contributed by atoms with van der Waals surface area (Å²) in [6, 6.07) is 10.7. The van der Waals surface area contributed by atoms with Crippen LogP contribution in [0.2, 0.25) is 0 Å². The summed E-state index contributed by atoms with van der Waals surface area (Å²) in [7, 11) is 0. The summed E-state index contributed by atoms with van der Waals surface area (Å²) in [5.74, 6) is -0.00701. The summed E-state index contributed by atoms with van der Waals surface area (Å²) in [5.41, 5.74) is 6.37. The molecule has 2 aliphatic rings. The number of nitrogens with one attached hydrogen (secondary N) is 1. The first-order valence-corrected chi connectivity index (χ1v) is 7.46. The number of hydrogen-bond acceptors (Lipinski definition) is 1. The van der Waals surface area contributed by atoms with Crippen molar-refractivity contribution in [1.82, 2.24) is 4.57 Å². The molecule has 1 fully saturated rings. The van der Waals surface area contributed by atoms with Gasteiger partial charge in [-0.25, -0.2) is 0 Å². The van der Waals surface area contributed by atoms with E-state index in [1.807, 2.05) is 30.3 Å². The van der Waals surface area contributed by atoms with Crippen molar-refractivity contribution in [2.24, 2.45) is 0 Å². The third kappa shape index (κ3) is 1.92. The monoisotopic (exact) mass is 278 g/mol. The molecule has 1 aliphatic carbocycles. The summed E-state index contributed by atoms with van der Waals surface area (Å²) >= 11 is 0. The van der Waals surface area contributed by atoms with Crippen molar-refractivity contribution in [3.8, 4) is 0 Å². The number of carbonyl (C=O) groups is 1. The molecule has 1 saturated carbocycles. The average Bonchev–Trinajstić information content (AvgIpc) is 3.18. The van der Waals surface area contributed by atoms with Gasteiger partial charge in [0.1, 0.15) is 0 Å². The highest BCUT2D eigenvalue weighted by molar-refractivity contribution is 6.34. The van der Waals surface area contributed by atoms with Gasteiger partial charge in [0.2, 0.25) is 0 Å². The zero-order valence-corrected chi connectivity index (χ0v) is 12.3. The van der Waals surface area contributed by atoms with E-state index in [9.17, 15) is 4.79 Å². The van der Waals surface area contributed by atoms with E-state index in [1.54, 1.807) is 0 Å². The maximum Gasteiger partial charge on any atom is 0.256 e. The van der Waals surface area contributed by atoms with Crippen LogP contribution in [-0.4, -0.2) is 10.5 Å². The van der Waals surface area contributed by atoms with E-state index in [0.717, 1.165) is 22.4 Å².